The third kappa shape index (κ3) is 5.30. The highest BCUT2D eigenvalue weighted by Crippen LogP contribution is 2.34. The third-order valence-corrected chi connectivity index (χ3v) is 5.63. The van der Waals surface area contributed by atoms with E-state index in [9.17, 15) is 35.5 Å². The zero-order valence-corrected chi connectivity index (χ0v) is 17.5. The van der Waals surface area contributed by atoms with Crippen molar-refractivity contribution < 1.29 is 35.5 Å². The van der Waals surface area contributed by atoms with Crippen LogP contribution in [0.5, 0.6) is 0 Å². The lowest BCUT2D eigenvalue weighted by molar-refractivity contribution is -0.141. The summed E-state index contributed by atoms with van der Waals surface area (Å²) in [6.45, 7) is -0.680. The molecule has 1 unspecified atom stereocenters. The second kappa shape index (κ2) is 8.87. The standard InChI is InChI=1S/C20H19F7N6O/c21-16(22)17(34)32-5-2-11(9-32)13-8-15(30-14-7-12(1-4-28-14)20(25,26)27)31-18(29-13)33-6-3-19(23,24)10-33/h1,4,7-8,11,16H,2-3,5-6,9-10H2,(H,28,29,30,31). The predicted octanol–water partition coefficient (Wildman–Crippen LogP) is 4.06. The first-order valence-corrected chi connectivity index (χ1v) is 10.3. The molecule has 2 aliphatic rings. The molecule has 184 valence electrons. The summed E-state index contributed by atoms with van der Waals surface area (Å²) in [6, 6.07) is 2.95. The number of carbonyl (C=O) groups is 1. The number of halogens is 7. The number of nitrogens with one attached hydrogen (secondary N) is 1. The first-order valence-electron chi connectivity index (χ1n) is 10.3. The smallest absolute Gasteiger partial charge is 0.337 e. The molecule has 7 nitrogen and oxygen atoms in total. The molecule has 14 heteroatoms. The second-order valence-corrected chi connectivity index (χ2v) is 8.13. The van der Waals surface area contributed by atoms with E-state index in [4.69, 9.17) is 0 Å². The van der Waals surface area contributed by atoms with Gasteiger partial charge in [-0.05, 0) is 18.6 Å². The Morgan fingerprint density at radius 2 is 1.91 bits per heavy atom. The van der Waals surface area contributed by atoms with Gasteiger partial charge in [-0.3, -0.25) is 4.79 Å². The molecular formula is C20H19F7N6O. The molecule has 0 spiro atoms. The zero-order valence-electron chi connectivity index (χ0n) is 17.5. The molecule has 2 aromatic heterocycles. The average Bonchev–Trinajstić information content (AvgIpc) is 3.39. The monoisotopic (exact) mass is 492 g/mol. The van der Waals surface area contributed by atoms with Crippen LogP contribution in [0.25, 0.3) is 0 Å². The van der Waals surface area contributed by atoms with Gasteiger partial charge in [0.15, 0.2) is 0 Å². The first-order chi connectivity index (χ1) is 15.9. The summed E-state index contributed by atoms with van der Waals surface area (Å²) in [4.78, 5) is 26.2. The van der Waals surface area contributed by atoms with Crippen molar-refractivity contribution in [3.8, 4) is 0 Å². The number of likely N-dealkylation sites (tertiary alicyclic amines) is 1. The van der Waals surface area contributed by atoms with Crippen molar-refractivity contribution in [3.63, 3.8) is 0 Å². The number of rotatable bonds is 5. The molecule has 1 atom stereocenters. The van der Waals surface area contributed by atoms with Crippen LogP contribution >= 0.6 is 0 Å². The van der Waals surface area contributed by atoms with Gasteiger partial charge in [-0.1, -0.05) is 0 Å². The summed E-state index contributed by atoms with van der Waals surface area (Å²) >= 11 is 0. The third-order valence-electron chi connectivity index (χ3n) is 5.63. The quantitative estimate of drug-likeness (QED) is 0.635. The molecule has 0 radical (unpaired) electrons. The Labute approximate surface area is 189 Å². The Bertz CT molecular complexity index is 1060. The van der Waals surface area contributed by atoms with Crippen LogP contribution in [0, 0.1) is 0 Å². The van der Waals surface area contributed by atoms with Crippen LogP contribution in [0.15, 0.2) is 24.4 Å². The van der Waals surface area contributed by atoms with Crippen LogP contribution in [-0.4, -0.2) is 64.3 Å². The maximum atomic E-state index is 13.8. The van der Waals surface area contributed by atoms with Gasteiger partial charge in [0, 0.05) is 44.2 Å². The van der Waals surface area contributed by atoms with E-state index in [1.54, 1.807) is 0 Å². The van der Waals surface area contributed by atoms with Gasteiger partial charge in [-0.25, -0.2) is 18.7 Å². The molecule has 1 N–H and O–H groups in total. The van der Waals surface area contributed by atoms with Crippen molar-refractivity contribution in [2.75, 3.05) is 36.4 Å². The molecule has 0 saturated carbocycles. The minimum atomic E-state index is -4.60. The topological polar surface area (TPSA) is 74.2 Å². The van der Waals surface area contributed by atoms with Gasteiger partial charge in [0.25, 0.3) is 11.8 Å². The van der Waals surface area contributed by atoms with E-state index >= 15 is 0 Å². The molecule has 2 saturated heterocycles. The fourth-order valence-electron chi connectivity index (χ4n) is 3.92. The lowest BCUT2D eigenvalue weighted by atomic mass is 10.0. The Hall–Kier alpha value is -3.19. The molecular weight excluding hydrogens is 473 g/mol. The molecule has 0 bridgehead atoms. The normalized spacial score (nSPS) is 20.3. The number of alkyl halides is 7. The van der Waals surface area contributed by atoms with Gasteiger partial charge in [0.05, 0.1) is 17.8 Å². The van der Waals surface area contributed by atoms with E-state index in [-0.39, 0.29) is 37.2 Å². The molecule has 4 heterocycles. The maximum Gasteiger partial charge on any atom is 0.416 e. The summed E-state index contributed by atoms with van der Waals surface area (Å²) < 4.78 is 92.2. The van der Waals surface area contributed by atoms with Crippen molar-refractivity contribution in [2.45, 2.75) is 37.3 Å². The average molecular weight is 492 g/mol. The second-order valence-electron chi connectivity index (χ2n) is 8.13. The number of pyridine rings is 1. The van der Waals surface area contributed by atoms with Gasteiger partial charge < -0.3 is 15.1 Å². The van der Waals surface area contributed by atoms with Crippen molar-refractivity contribution in [2.24, 2.45) is 0 Å². The fraction of sp³-hybridized carbons (Fsp3) is 0.500. The number of anilines is 3. The summed E-state index contributed by atoms with van der Waals surface area (Å²) in [5.74, 6) is -5.02. The molecule has 2 aliphatic heterocycles. The van der Waals surface area contributed by atoms with Gasteiger partial charge in [-0.15, -0.1) is 0 Å². The van der Waals surface area contributed by atoms with Gasteiger partial charge in [-0.2, -0.15) is 26.9 Å². The largest absolute Gasteiger partial charge is 0.416 e. The van der Waals surface area contributed by atoms with Gasteiger partial charge in [0.1, 0.15) is 11.6 Å². The number of aromatic nitrogens is 3. The number of hydrogen-bond donors (Lipinski definition) is 1. The molecule has 1 amide bonds. The van der Waals surface area contributed by atoms with Crippen molar-refractivity contribution >= 4 is 23.5 Å². The van der Waals surface area contributed by atoms with E-state index in [0.29, 0.717) is 12.1 Å². The first kappa shape index (κ1) is 24.0. The van der Waals surface area contributed by atoms with Gasteiger partial charge in [0.2, 0.25) is 5.95 Å². The highest BCUT2D eigenvalue weighted by atomic mass is 19.4. The summed E-state index contributed by atoms with van der Waals surface area (Å²) in [5.41, 5.74) is -0.658. The van der Waals surface area contributed by atoms with E-state index in [2.05, 4.69) is 20.3 Å². The van der Waals surface area contributed by atoms with Crippen LogP contribution in [0.1, 0.15) is 30.0 Å². The lowest BCUT2D eigenvalue weighted by Crippen LogP contribution is -2.33. The van der Waals surface area contributed by atoms with Crippen LogP contribution in [0.3, 0.4) is 0 Å². The lowest BCUT2D eigenvalue weighted by Gasteiger charge is -2.20. The van der Waals surface area contributed by atoms with E-state index in [1.807, 2.05) is 0 Å². The molecule has 2 aromatic rings. The SMILES string of the molecule is O=C(C(F)F)N1CCC(c2cc(Nc3cc(C(F)(F)F)ccn3)nc(N3CCC(F)(F)C3)n2)C1. The molecule has 0 aliphatic carbocycles. The maximum absolute atomic E-state index is 13.8. The van der Waals surface area contributed by atoms with Crippen LogP contribution < -0.4 is 10.2 Å². The Kier molecular flexibility index (Phi) is 6.25. The zero-order chi connectivity index (χ0) is 24.7. The van der Waals surface area contributed by atoms with Crippen LogP contribution in [0.4, 0.5) is 48.3 Å². The van der Waals surface area contributed by atoms with Crippen molar-refractivity contribution in [1.82, 2.24) is 19.9 Å². The Balaban J connectivity index is 1.64. The van der Waals surface area contributed by atoms with E-state index in [1.165, 1.54) is 11.0 Å². The van der Waals surface area contributed by atoms with E-state index < -0.39 is 48.9 Å². The van der Waals surface area contributed by atoms with Crippen molar-refractivity contribution in [3.05, 3.63) is 35.7 Å². The van der Waals surface area contributed by atoms with Crippen LogP contribution in [-0.2, 0) is 11.0 Å². The van der Waals surface area contributed by atoms with Crippen LogP contribution in [0.2, 0.25) is 0 Å². The highest BCUT2D eigenvalue weighted by molar-refractivity contribution is 5.79. The summed E-state index contributed by atoms with van der Waals surface area (Å²) in [5, 5.41) is 2.64. The van der Waals surface area contributed by atoms with Gasteiger partial charge >= 0.3 is 12.6 Å². The summed E-state index contributed by atoms with van der Waals surface area (Å²) in [6.07, 6.45) is -6.92. The minimum absolute atomic E-state index is 0.000627. The highest BCUT2D eigenvalue weighted by Gasteiger charge is 2.40. The van der Waals surface area contributed by atoms with Crippen molar-refractivity contribution in [1.29, 1.82) is 0 Å². The number of amides is 1. The number of carbonyl (C=O) groups excluding carboxylic acids is 1. The molecule has 4 rings (SSSR count). The molecule has 0 aromatic carbocycles. The Morgan fingerprint density at radius 1 is 1.15 bits per heavy atom. The minimum Gasteiger partial charge on any atom is -0.337 e. The fourth-order valence-corrected chi connectivity index (χ4v) is 3.92. The molecule has 2 fully saturated rings. The number of nitrogens with zero attached hydrogens (tertiary/aromatic N) is 5. The number of hydrogen-bond acceptors (Lipinski definition) is 6. The predicted molar refractivity (Wildman–Crippen MR) is 106 cm³/mol. The summed E-state index contributed by atoms with van der Waals surface area (Å²) in [7, 11) is 0. The molecule has 34 heavy (non-hydrogen) atoms. The van der Waals surface area contributed by atoms with E-state index in [0.717, 1.165) is 23.2 Å². The Morgan fingerprint density at radius 3 is 2.56 bits per heavy atom.